The van der Waals surface area contributed by atoms with E-state index in [-0.39, 0.29) is 10.3 Å². The second kappa shape index (κ2) is 6.01. The molecule has 1 aliphatic rings. The lowest BCUT2D eigenvalue weighted by Crippen LogP contribution is -2.30. The molecule has 0 aromatic heterocycles. The van der Waals surface area contributed by atoms with Gasteiger partial charge >= 0.3 is 0 Å². The lowest BCUT2D eigenvalue weighted by molar-refractivity contribution is 0.434. The lowest BCUT2D eigenvalue weighted by Gasteiger charge is -2.23. The van der Waals surface area contributed by atoms with E-state index in [1.165, 1.54) is 0 Å². The normalized spacial score (nSPS) is 19.8. The molecule has 2 aromatic rings. The van der Waals surface area contributed by atoms with Crippen molar-refractivity contribution in [3.63, 3.8) is 0 Å². The number of sulfonamides is 1. The van der Waals surface area contributed by atoms with Crippen LogP contribution in [0.4, 0.5) is 0 Å². The number of thioether (sulfide) groups is 1. The van der Waals surface area contributed by atoms with Crippen molar-refractivity contribution in [3.8, 4) is 0 Å². The standard InChI is InChI=1S/C15H14ClNO2S2/c16-13-6-8-14(9-7-13)21(18,19)17-10-11-20-15(17)12-4-2-1-3-5-12/h1-9,15H,10-11H2/t15-/m0/s1. The molecule has 0 radical (unpaired) electrons. The Morgan fingerprint density at radius 2 is 1.71 bits per heavy atom. The van der Waals surface area contributed by atoms with Gasteiger partial charge in [-0.2, -0.15) is 4.31 Å². The Morgan fingerprint density at radius 3 is 2.38 bits per heavy atom. The molecule has 0 saturated carbocycles. The first-order chi connectivity index (χ1) is 10.1. The van der Waals surface area contributed by atoms with E-state index in [1.54, 1.807) is 40.3 Å². The van der Waals surface area contributed by atoms with E-state index in [4.69, 9.17) is 11.6 Å². The second-order valence-corrected chi connectivity index (χ2v) is 8.22. The van der Waals surface area contributed by atoms with Crippen molar-refractivity contribution in [2.24, 2.45) is 0 Å². The van der Waals surface area contributed by atoms with Crippen LogP contribution in [0.15, 0.2) is 59.5 Å². The summed E-state index contributed by atoms with van der Waals surface area (Å²) in [4.78, 5) is 0.287. The predicted octanol–water partition coefficient (Wildman–Crippen LogP) is 3.78. The van der Waals surface area contributed by atoms with Crippen molar-refractivity contribution in [2.45, 2.75) is 10.3 Å². The Labute approximate surface area is 134 Å². The average Bonchev–Trinajstić information content (AvgIpc) is 2.99. The van der Waals surface area contributed by atoms with Crippen LogP contribution < -0.4 is 0 Å². The van der Waals surface area contributed by atoms with E-state index in [9.17, 15) is 8.42 Å². The highest BCUT2D eigenvalue weighted by molar-refractivity contribution is 8.01. The van der Waals surface area contributed by atoms with E-state index in [0.717, 1.165) is 11.3 Å². The van der Waals surface area contributed by atoms with Crippen LogP contribution in [0.25, 0.3) is 0 Å². The zero-order valence-corrected chi connectivity index (χ0v) is 13.5. The number of halogens is 1. The van der Waals surface area contributed by atoms with E-state index in [0.29, 0.717) is 11.6 Å². The molecule has 1 heterocycles. The molecule has 0 spiro atoms. The Morgan fingerprint density at radius 1 is 1.05 bits per heavy atom. The Hall–Kier alpha value is -1.01. The molecule has 3 rings (SSSR count). The SMILES string of the molecule is O=S(=O)(c1ccc(Cl)cc1)N1CCS[C@H]1c1ccccc1. The predicted molar refractivity (Wildman–Crippen MR) is 87.0 cm³/mol. The van der Waals surface area contributed by atoms with Gasteiger partial charge in [0.25, 0.3) is 0 Å². The van der Waals surface area contributed by atoms with Crippen LogP contribution in [0.2, 0.25) is 5.02 Å². The molecule has 0 unspecified atom stereocenters. The fourth-order valence-corrected chi connectivity index (χ4v) is 5.69. The molecule has 0 aliphatic carbocycles. The van der Waals surface area contributed by atoms with Gasteiger partial charge in [0, 0.05) is 17.3 Å². The minimum atomic E-state index is -3.50. The summed E-state index contributed by atoms with van der Waals surface area (Å²) in [5.41, 5.74) is 1.01. The number of hydrogen-bond acceptors (Lipinski definition) is 3. The van der Waals surface area contributed by atoms with E-state index >= 15 is 0 Å². The van der Waals surface area contributed by atoms with Crippen molar-refractivity contribution in [2.75, 3.05) is 12.3 Å². The van der Waals surface area contributed by atoms with E-state index in [1.807, 2.05) is 30.3 Å². The third-order valence-corrected chi connectivity index (χ3v) is 6.88. The van der Waals surface area contributed by atoms with Crippen LogP contribution in [-0.4, -0.2) is 25.0 Å². The highest BCUT2D eigenvalue weighted by Crippen LogP contribution is 2.41. The lowest BCUT2D eigenvalue weighted by atomic mass is 10.2. The Bertz CT molecular complexity index is 717. The molecule has 0 bridgehead atoms. The minimum absolute atomic E-state index is 0.160. The number of hydrogen-bond donors (Lipinski definition) is 0. The van der Waals surface area contributed by atoms with Crippen molar-refractivity contribution in [3.05, 3.63) is 65.2 Å². The van der Waals surface area contributed by atoms with Gasteiger partial charge in [-0.15, -0.1) is 11.8 Å². The van der Waals surface area contributed by atoms with Crippen LogP contribution in [0.5, 0.6) is 0 Å². The van der Waals surface area contributed by atoms with E-state index in [2.05, 4.69) is 0 Å². The van der Waals surface area contributed by atoms with Gasteiger partial charge in [0.05, 0.1) is 10.3 Å². The molecule has 0 amide bonds. The topological polar surface area (TPSA) is 37.4 Å². The monoisotopic (exact) mass is 339 g/mol. The van der Waals surface area contributed by atoms with Crippen LogP contribution >= 0.6 is 23.4 Å². The minimum Gasteiger partial charge on any atom is -0.207 e. The number of nitrogens with zero attached hydrogens (tertiary/aromatic N) is 1. The molecular weight excluding hydrogens is 326 g/mol. The van der Waals surface area contributed by atoms with Gasteiger partial charge in [0.1, 0.15) is 0 Å². The Kier molecular flexibility index (Phi) is 4.26. The van der Waals surface area contributed by atoms with Crippen LogP contribution in [-0.2, 0) is 10.0 Å². The summed E-state index contributed by atoms with van der Waals surface area (Å²) in [5.74, 6) is 0.798. The van der Waals surface area contributed by atoms with Gasteiger partial charge in [-0.3, -0.25) is 0 Å². The third kappa shape index (κ3) is 2.97. The first kappa shape index (κ1) is 14.9. The van der Waals surface area contributed by atoms with Crippen molar-refractivity contribution >= 4 is 33.4 Å². The van der Waals surface area contributed by atoms with Gasteiger partial charge in [0.15, 0.2) is 0 Å². The summed E-state index contributed by atoms with van der Waals surface area (Å²) in [6, 6.07) is 16.1. The summed E-state index contributed by atoms with van der Waals surface area (Å²) in [6.07, 6.45) is 0. The zero-order chi connectivity index (χ0) is 14.9. The maximum absolute atomic E-state index is 12.8. The Balaban J connectivity index is 1.96. The molecular formula is C15H14ClNO2S2. The summed E-state index contributed by atoms with van der Waals surface area (Å²) in [6.45, 7) is 0.523. The van der Waals surface area contributed by atoms with Gasteiger partial charge in [-0.05, 0) is 29.8 Å². The van der Waals surface area contributed by atoms with Gasteiger partial charge in [-0.25, -0.2) is 8.42 Å². The fraction of sp³-hybridized carbons (Fsp3) is 0.200. The van der Waals surface area contributed by atoms with Crippen molar-refractivity contribution in [1.29, 1.82) is 0 Å². The smallest absolute Gasteiger partial charge is 0.207 e. The average molecular weight is 340 g/mol. The molecule has 1 aliphatic heterocycles. The molecule has 6 heteroatoms. The zero-order valence-electron chi connectivity index (χ0n) is 11.1. The second-order valence-electron chi connectivity index (χ2n) is 4.70. The summed E-state index contributed by atoms with van der Waals surface area (Å²) in [7, 11) is -3.50. The molecule has 2 aromatic carbocycles. The fourth-order valence-electron chi connectivity index (χ4n) is 2.32. The molecule has 0 N–H and O–H groups in total. The number of rotatable bonds is 3. The van der Waals surface area contributed by atoms with Gasteiger partial charge in [0.2, 0.25) is 10.0 Å². The molecule has 1 atom stereocenters. The quantitative estimate of drug-likeness (QED) is 0.854. The van der Waals surface area contributed by atoms with Crippen molar-refractivity contribution < 1.29 is 8.42 Å². The van der Waals surface area contributed by atoms with Crippen LogP contribution in [0.1, 0.15) is 10.9 Å². The summed E-state index contributed by atoms with van der Waals surface area (Å²) < 4.78 is 27.2. The largest absolute Gasteiger partial charge is 0.244 e. The van der Waals surface area contributed by atoms with E-state index < -0.39 is 10.0 Å². The summed E-state index contributed by atoms with van der Waals surface area (Å²) >= 11 is 7.48. The first-order valence-corrected chi connectivity index (χ1v) is 9.40. The molecule has 1 fully saturated rings. The highest BCUT2D eigenvalue weighted by Gasteiger charge is 2.36. The van der Waals surface area contributed by atoms with Gasteiger partial charge < -0.3 is 0 Å². The van der Waals surface area contributed by atoms with Crippen molar-refractivity contribution in [1.82, 2.24) is 4.31 Å². The molecule has 110 valence electrons. The number of benzene rings is 2. The maximum atomic E-state index is 12.8. The summed E-state index contributed by atoms with van der Waals surface area (Å²) in [5, 5.41) is 0.372. The third-order valence-electron chi connectivity index (χ3n) is 3.35. The molecule has 1 saturated heterocycles. The maximum Gasteiger partial charge on any atom is 0.244 e. The van der Waals surface area contributed by atoms with Gasteiger partial charge in [-0.1, -0.05) is 41.9 Å². The highest BCUT2D eigenvalue weighted by atomic mass is 35.5. The first-order valence-electron chi connectivity index (χ1n) is 6.53. The van der Waals surface area contributed by atoms with Crippen LogP contribution in [0.3, 0.4) is 0 Å². The molecule has 21 heavy (non-hydrogen) atoms. The van der Waals surface area contributed by atoms with Crippen LogP contribution in [0, 0.1) is 0 Å². The molecule has 3 nitrogen and oxygen atoms in total.